The zero-order valence-electron chi connectivity index (χ0n) is 23.1. The summed E-state index contributed by atoms with van der Waals surface area (Å²) in [5, 5.41) is 3.46. The normalized spacial score (nSPS) is 12.1. The van der Waals surface area contributed by atoms with E-state index in [0.717, 1.165) is 4.31 Å². The van der Waals surface area contributed by atoms with Gasteiger partial charge in [0, 0.05) is 17.1 Å². The molecule has 0 aromatic heterocycles. The van der Waals surface area contributed by atoms with Gasteiger partial charge in [-0.25, -0.2) is 8.42 Å². The first-order chi connectivity index (χ1) is 19.3. The number of hydrogen-bond acceptors (Lipinski definition) is 5. The van der Waals surface area contributed by atoms with Crippen LogP contribution >= 0.6 is 39.1 Å². The first-order valence-corrected chi connectivity index (χ1v) is 15.9. The topological polar surface area (TPSA) is 96.0 Å². The molecule has 41 heavy (non-hydrogen) atoms. The van der Waals surface area contributed by atoms with Crippen LogP contribution in [0, 0.1) is 0 Å². The molecule has 12 heteroatoms. The SMILES string of the molecule is CCOc1ccc(N(CC(=O)N(Cc2ccc(Cl)c(Cl)c2)C(C)C(=O)NC(C)C)S(=O)(=O)c2ccc(Br)cc2)cc1. The maximum Gasteiger partial charge on any atom is 0.264 e. The second-order valence-corrected chi connectivity index (χ2v) is 13.1. The molecular weight excluding hydrogens is 653 g/mol. The van der Waals surface area contributed by atoms with E-state index in [1.165, 1.54) is 17.0 Å². The molecule has 3 aromatic carbocycles. The number of anilines is 1. The summed E-state index contributed by atoms with van der Waals surface area (Å²) in [4.78, 5) is 28.3. The van der Waals surface area contributed by atoms with Gasteiger partial charge in [-0.05, 0) is 93.9 Å². The molecule has 1 N–H and O–H groups in total. The minimum Gasteiger partial charge on any atom is -0.494 e. The van der Waals surface area contributed by atoms with Gasteiger partial charge in [-0.15, -0.1) is 0 Å². The van der Waals surface area contributed by atoms with Gasteiger partial charge in [-0.2, -0.15) is 0 Å². The third kappa shape index (κ3) is 8.61. The number of carbonyl (C=O) groups excluding carboxylic acids is 2. The number of benzene rings is 3. The van der Waals surface area contributed by atoms with Gasteiger partial charge in [0.1, 0.15) is 18.3 Å². The highest BCUT2D eigenvalue weighted by Crippen LogP contribution is 2.28. The molecule has 1 unspecified atom stereocenters. The summed E-state index contributed by atoms with van der Waals surface area (Å²) in [5.41, 5.74) is 0.888. The largest absolute Gasteiger partial charge is 0.494 e. The summed E-state index contributed by atoms with van der Waals surface area (Å²) in [7, 11) is -4.19. The Kier molecular flexibility index (Phi) is 11.5. The van der Waals surface area contributed by atoms with Crippen molar-refractivity contribution in [1.82, 2.24) is 10.2 Å². The molecular formula is C29H32BrCl2N3O5S. The Labute approximate surface area is 259 Å². The molecule has 0 heterocycles. The van der Waals surface area contributed by atoms with Crippen LogP contribution < -0.4 is 14.4 Å². The van der Waals surface area contributed by atoms with Crippen LogP contribution in [0.3, 0.4) is 0 Å². The standard InChI is InChI=1S/C29H32BrCl2N3O5S/c1-5-40-24-11-9-23(10-12-24)35(41(38,39)25-13-7-22(30)8-14-25)18-28(36)34(20(4)29(37)33-19(2)3)17-21-6-15-26(31)27(32)16-21/h6-16,19-20H,5,17-18H2,1-4H3,(H,33,37). The lowest BCUT2D eigenvalue weighted by atomic mass is 10.1. The lowest BCUT2D eigenvalue weighted by Gasteiger charge is -2.32. The Morgan fingerprint density at radius 1 is 0.951 bits per heavy atom. The van der Waals surface area contributed by atoms with Crippen LogP contribution in [0.1, 0.15) is 33.3 Å². The van der Waals surface area contributed by atoms with E-state index in [2.05, 4.69) is 21.2 Å². The minimum atomic E-state index is -4.19. The molecule has 3 rings (SSSR count). The summed E-state index contributed by atoms with van der Waals surface area (Å²) in [6.07, 6.45) is 0. The summed E-state index contributed by atoms with van der Waals surface area (Å²) in [5.74, 6) is -0.405. The monoisotopic (exact) mass is 683 g/mol. The molecule has 0 saturated heterocycles. The van der Waals surface area contributed by atoms with Gasteiger partial charge in [0.15, 0.2) is 0 Å². The summed E-state index contributed by atoms with van der Waals surface area (Å²) >= 11 is 15.6. The number of ether oxygens (including phenoxy) is 1. The van der Waals surface area contributed by atoms with Crippen LogP contribution in [0.4, 0.5) is 5.69 Å². The first kappa shape index (κ1) is 32.7. The van der Waals surface area contributed by atoms with E-state index in [9.17, 15) is 18.0 Å². The third-order valence-electron chi connectivity index (χ3n) is 6.05. The lowest BCUT2D eigenvalue weighted by molar-refractivity contribution is -0.139. The van der Waals surface area contributed by atoms with Gasteiger partial charge in [-0.3, -0.25) is 13.9 Å². The Morgan fingerprint density at radius 2 is 1.59 bits per heavy atom. The smallest absolute Gasteiger partial charge is 0.264 e. The molecule has 0 fully saturated rings. The van der Waals surface area contributed by atoms with Crippen molar-refractivity contribution in [2.45, 2.75) is 51.2 Å². The van der Waals surface area contributed by atoms with Crippen molar-refractivity contribution in [3.63, 3.8) is 0 Å². The average Bonchev–Trinajstić information content (AvgIpc) is 2.92. The van der Waals surface area contributed by atoms with E-state index >= 15 is 0 Å². The number of carbonyl (C=O) groups is 2. The molecule has 2 amide bonds. The minimum absolute atomic E-state index is 0.00213. The Bertz CT molecular complexity index is 1470. The molecule has 0 aliphatic carbocycles. The molecule has 0 bridgehead atoms. The van der Waals surface area contributed by atoms with Crippen molar-refractivity contribution in [2.75, 3.05) is 17.5 Å². The molecule has 0 radical (unpaired) electrons. The van der Waals surface area contributed by atoms with Crippen molar-refractivity contribution in [2.24, 2.45) is 0 Å². The Morgan fingerprint density at radius 3 is 2.15 bits per heavy atom. The Balaban J connectivity index is 2.04. The number of amides is 2. The van der Waals surface area contributed by atoms with E-state index in [0.29, 0.717) is 32.4 Å². The second-order valence-electron chi connectivity index (χ2n) is 9.50. The number of hydrogen-bond donors (Lipinski definition) is 1. The Hall–Kier alpha value is -2.79. The quantitative estimate of drug-likeness (QED) is 0.242. The molecule has 0 aliphatic rings. The number of halogens is 3. The van der Waals surface area contributed by atoms with Crippen molar-refractivity contribution in [3.8, 4) is 5.75 Å². The highest BCUT2D eigenvalue weighted by Gasteiger charge is 2.32. The van der Waals surface area contributed by atoms with Crippen molar-refractivity contribution in [1.29, 1.82) is 0 Å². The molecule has 220 valence electrons. The number of sulfonamides is 1. The predicted molar refractivity (Wildman–Crippen MR) is 166 cm³/mol. The van der Waals surface area contributed by atoms with Crippen molar-refractivity contribution >= 4 is 66.7 Å². The average molecular weight is 685 g/mol. The van der Waals surface area contributed by atoms with E-state index in [1.807, 2.05) is 20.8 Å². The first-order valence-electron chi connectivity index (χ1n) is 12.9. The predicted octanol–water partition coefficient (Wildman–Crippen LogP) is 6.29. The molecule has 0 saturated carbocycles. The third-order valence-corrected chi connectivity index (χ3v) is 9.11. The lowest BCUT2D eigenvalue weighted by Crippen LogP contribution is -2.52. The highest BCUT2D eigenvalue weighted by molar-refractivity contribution is 9.10. The van der Waals surface area contributed by atoms with Gasteiger partial charge in [0.2, 0.25) is 11.8 Å². The zero-order chi connectivity index (χ0) is 30.3. The van der Waals surface area contributed by atoms with Crippen LogP contribution in [0.15, 0.2) is 76.1 Å². The van der Waals surface area contributed by atoms with Gasteiger partial charge in [0.25, 0.3) is 10.0 Å². The molecule has 1 atom stereocenters. The van der Waals surface area contributed by atoms with Gasteiger partial charge in [-0.1, -0.05) is 45.2 Å². The summed E-state index contributed by atoms with van der Waals surface area (Å²) in [6.45, 7) is 6.94. The fourth-order valence-corrected chi connectivity index (χ4v) is 5.96. The van der Waals surface area contributed by atoms with Crippen LogP contribution in [0.5, 0.6) is 5.75 Å². The van der Waals surface area contributed by atoms with Crippen molar-refractivity contribution < 1.29 is 22.7 Å². The fraction of sp³-hybridized carbons (Fsp3) is 0.310. The van der Waals surface area contributed by atoms with E-state index < -0.39 is 28.5 Å². The van der Waals surface area contributed by atoms with Crippen LogP contribution in [-0.2, 0) is 26.2 Å². The van der Waals surface area contributed by atoms with E-state index in [1.54, 1.807) is 61.5 Å². The van der Waals surface area contributed by atoms with E-state index in [4.69, 9.17) is 27.9 Å². The maximum atomic E-state index is 14.0. The summed E-state index contributed by atoms with van der Waals surface area (Å²) < 4.78 is 35.0. The second kappa shape index (κ2) is 14.4. The number of nitrogens with one attached hydrogen (secondary N) is 1. The number of nitrogens with zero attached hydrogens (tertiary/aromatic N) is 2. The molecule has 0 spiro atoms. The fourth-order valence-electron chi connectivity index (χ4n) is 3.96. The van der Waals surface area contributed by atoms with E-state index in [-0.39, 0.29) is 29.1 Å². The van der Waals surface area contributed by atoms with Gasteiger partial charge >= 0.3 is 0 Å². The number of rotatable bonds is 12. The summed E-state index contributed by atoms with van der Waals surface area (Å²) in [6, 6.07) is 16.4. The van der Waals surface area contributed by atoms with Crippen LogP contribution in [0.2, 0.25) is 10.0 Å². The highest BCUT2D eigenvalue weighted by atomic mass is 79.9. The maximum absolute atomic E-state index is 14.0. The van der Waals surface area contributed by atoms with Crippen molar-refractivity contribution in [3.05, 3.63) is 86.8 Å². The molecule has 3 aromatic rings. The molecule has 8 nitrogen and oxygen atoms in total. The van der Waals surface area contributed by atoms with Crippen LogP contribution in [-0.4, -0.2) is 50.4 Å². The molecule has 0 aliphatic heterocycles. The van der Waals surface area contributed by atoms with Gasteiger partial charge in [0.05, 0.1) is 27.2 Å². The van der Waals surface area contributed by atoms with Gasteiger partial charge < -0.3 is 15.0 Å². The van der Waals surface area contributed by atoms with Crippen LogP contribution in [0.25, 0.3) is 0 Å². The zero-order valence-corrected chi connectivity index (χ0v) is 27.0.